The molecule has 0 fully saturated rings. The topological polar surface area (TPSA) is 33.2 Å². The van der Waals surface area contributed by atoms with Gasteiger partial charge in [0.2, 0.25) is 5.91 Å². The van der Waals surface area contributed by atoms with Crippen LogP contribution in [-0.4, -0.2) is 17.9 Å². The van der Waals surface area contributed by atoms with Crippen molar-refractivity contribution in [1.29, 1.82) is 0 Å². The summed E-state index contributed by atoms with van der Waals surface area (Å²) in [6, 6.07) is 0. The molecule has 0 saturated carbocycles. The van der Waals surface area contributed by atoms with Crippen LogP contribution in [0.2, 0.25) is 0 Å². The maximum Gasteiger partial charge on any atom is 0.233 e. The van der Waals surface area contributed by atoms with Gasteiger partial charge in [-0.25, -0.2) is 4.98 Å². The van der Waals surface area contributed by atoms with E-state index in [1.807, 2.05) is 33.1 Å². The molecule has 0 bridgehead atoms. The fourth-order valence-corrected chi connectivity index (χ4v) is 1.85. The average molecular weight is 212 g/mol. The summed E-state index contributed by atoms with van der Waals surface area (Å²) in [7, 11) is 1.77. The molecule has 0 atom stereocenters. The van der Waals surface area contributed by atoms with E-state index in [0.717, 1.165) is 10.8 Å². The normalized spacial score (nSPS) is 11.5. The molecule has 1 heterocycles. The Labute approximate surface area is 88.8 Å². The van der Waals surface area contributed by atoms with Crippen LogP contribution in [0.15, 0.2) is 5.38 Å². The number of hydrogen-bond donors (Lipinski definition) is 0. The lowest BCUT2D eigenvalue weighted by molar-refractivity contribution is -0.125. The Morgan fingerprint density at radius 2 is 2.07 bits per heavy atom. The van der Waals surface area contributed by atoms with E-state index < -0.39 is 0 Å². The lowest BCUT2D eigenvalue weighted by atomic mass is 9.95. The third-order valence-corrected chi connectivity index (χ3v) is 2.87. The number of hydrogen-bond acceptors (Lipinski definition) is 3. The first-order chi connectivity index (χ1) is 6.32. The minimum absolute atomic E-state index is 0.0897. The summed E-state index contributed by atoms with van der Waals surface area (Å²) in [6.45, 7) is 7.65. The van der Waals surface area contributed by atoms with Crippen molar-refractivity contribution in [2.24, 2.45) is 5.41 Å². The average Bonchev–Trinajstić information content (AvgIpc) is 2.47. The minimum Gasteiger partial charge on any atom is -0.291 e. The zero-order chi connectivity index (χ0) is 10.9. The van der Waals surface area contributed by atoms with Crippen molar-refractivity contribution in [2.45, 2.75) is 27.7 Å². The molecule has 1 rings (SSSR count). The maximum absolute atomic E-state index is 11.9. The Bertz CT molecular complexity index is 338. The van der Waals surface area contributed by atoms with Crippen LogP contribution in [0, 0.1) is 12.3 Å². The highest BCUT2D eigenvalue weighted by molar-refractivity contribution is 7.14. The number of anilines is 1. The first-order valence-electron chi connectivity index (χ1n) is 4.52. The molecule has 3 nitrogen and oxygen atoms in total. The van der Waals surface area contributed by atoms with Crippen molar-refractivity contribution in [3.05, 3.63) is 11.1 Å². The van der Waals surface area contributed by atoms with Crippen LogP contribution in [0.3, 0.4) is 0 Å². The Morgan fingerprint density at radius 1 is 1.50 bits per heavy atom. The summed E-state index contributed by atoms with van der Waals surface area (Å²) in [4.78, 5) is 17.8. The molecule has 0 aliphatic carbocycles. The fraction of sp³-hybridized carbons (Fsp3) is 0.600. The number of thiazole rings is 1. The molecule has 0 saturated heterocycles. The van der Waals surface area contributed by atoms with E-state index in [9.17, 15) is 4.79 Å². The van der Waals surface area contributed by atoms with Crippen molar-refractivity contribution in [3.8, 4) is 0 Å². The molecule has 1 amide bonds. The van der Waals surface area contributed by atoms with E-state index in [1.54, 1.807) is 11.9 Å². The van der Waals surface area contributed by atoms with Crippen molar-refractivity contribution >= 4 is 22.4 Å². The zero-order valence-electron chi connectivity index (χ0n) is 9.29. The highest BCUT2D eigenvalue weighted by Gasteiger charge is 2.26. The molecule has 0 aromatic carbocycles. The second kappa shape index (κ2) is 3.69. The first-order valence-corrected chi connectivity index (χ1v) is 5.40. The van der Waals surface area contributed by atoms with Crippen LogP contribution in [0.1, 0.15) is 26.5 Å². The number of amides is 1. The lowest BCUT2D eigenvalue weighted by Gasteiger charge is -2.23. The van der Waals surface area contributed by atoms with E-state index in [2.05, 4.69) is 4.98 Å². The lowest BCUT2D eigenvalue weighted by Crippen LogP contribution is -2.36. The van der Waals surface area contributed by atoms with Gasteiger partial charge in [-0.15, -0.1) is 11.3 Å². The van der Waals surface area contributed by atoms with Crippen LogP contribution in [0.5, 0.6) is 0 Å². The van der Waals surface area contributed by atoms with Gasteiger partial charge < -0.3 is 0 Å². The standard InChI is InChI=1S/C10H16N2OS/c1-7-6-14-9(11-7)12(5)8(13)10(2,3)4/h6H,1-5H3. The summed E-state index contributed by atoms with van der Waals surface area (Å²) in [5, 5.41) is 2.71. The van der Waals surface area contributed by atoms with Crippen molar-refractivity contribution < 1.29 is 4.79 Å². The molecule has 0 N–H and O–H groups in total. The van der Waals surface area contributed by atoms with E-state index in [0.29, 0.717) is 0 Å². The third-order valence-electron chi connectivity index (χ3n) is 1.84. The first kappa shape index (κ1) is 11.2. The van der Waals surface area contributed by atoms with E-state index in [4.69, 9.17) is 0 Å². The van der Waals surface area contributed by atoms with Gasteiger partial charge in [-0.2, -0.15) is 0 Å². The quantitative estimate of drug-likeness (QED) is 0.716. The summed E-state index contributed by atoms with van der Waals surface area (Å²) >= 11 is 1.50. The molecular formula is C10H16N2OS. The molecule has 14 heavy (non-hydrogen) atoms. The smallest absolute Gasteiger partial charge is 0.233 e. The van der Waals surface area contributed by atoms with Gasteiger partial charge in [0.15, 0.2) is 5.13 Å². The number of aromatic nitrogens is 1. The van der Waals surface area contributed by atoms with Gasteiger partial charge in [-0.05, 0) is 6.92 Å². The second-order valence-electron chi connectivity index (χ2n) is 4.39. The monoisotopic (exact) mass is 212 g/mol. The Balaban J connectivity index is 2.86. The molecule has 1 aromatic heterocycles. The van der Waals surface area contributed by atoms with Gasteiger partial charge >= 0.3 is 0 Å². The zero-order valence-corrected chi connectivity index (χ0v) is 10.1. The third kappa shape index (κ3) is 2.32. The van der Waals surface area contributed by atoms with Crippen molar-refractivity contribution in [2.75, 3.05) is 11.9 Å². The fourth-order valence-electron chi connectivity index (χ4n) is 1.09. The van der Waals surface area contributed by atoms with Gasteiger partial charge in [0.05, 0.1) is 5.69 Å². The van der Waals surface area contributed by atoms with Gasteiger partial charge in [0.25, 0.3) is 0 Å². The van der Waals surface area contributed by atoms with Crippen molar-refractivity contribution in [3.63, 3.8) is 0 Å². The molecule has 78 valence electrons. The van der Waals surface area contributed by atoms with Gasteiger partial charge in [0, 0.05) is 17.8 Å². The maximum atomic E-state index is 11.9. The SMILES string of the molecule is Cc1csc(N(C)C(=O)C(C)(C)C)n1. The molecule has 0 spiro atoms. The predicted molar refractivity (Wildman–Crippen MR) is 59.7 cm³/mol. The van der Waals surface area contributed by atoms with Gasteiger partial charge in [-0.3, -0.25) is 9.69 Å². The summed E-state index contributed by atoms with van der Waals surface area (Å²) < 4.78 is 0. The molecule has 0 radical (unpaired) electrons. The number of nitrogens with zero attached hydrogens (tertiary/aromatic N) is 2. The molecule has 0 aliphatic heterocycles. The van der Waals surface area contributed by atoms with Crippen LogP contribution < -0.4 is 4.90 Å². The van der Waals surface area contributed by atoms with Crippen LogP contribution >= 0.6 is 11.3 Å². The van der Waals surface area contributed by atoms with Gasteiger partial charge in [0.1, 0.15) is 0 Å². The minimum atomic E-state index is -0.353. The van der Waals surface area contributed by atoms with Crippen LogP contribution in [0.4, 0.5) is 5.13 Å². The Kier molecular flexibility index (Phi) is 2.95. The predicted octanol–water partition coefficient (Wildman–Crippen LogP) is 2.46. The molecule has 0 unspecified atom stereocenters. The molecule has 1 aromatic rings. The molecular weight excluding hydrogens is 196 g/mol. The molecule has 0 aliphatic rings. The van der Waals surface area contributed by atoms with Crippen molar-refractivity contribution in [1.82, 2.24) is 4.98 Å². The highest BCUT2D eigenvalue weighted by Crippen LogP contribution is 2.24. The van der Waals surface area contributed by atoms with Gasteiger partial charge in [-0.1, -0.05) is 20.8 Å². The Hall–Kier alpha value is -0.900. The second-order valence-corrected chi connectivity index (χ2v) is 5.22. The number of aryl methyl sites for hydroxylation is 1. The summed E-state index contributed by atoms with van der Waals surface area (Å²) in [6.07, 6.45) is 0. The highest BCUT2D eigenvalue weighted by atomic mass is 32.1. The summed E-state index contributed by atoms with van der Waals surface area (Å²) in [5.41, 5.74) is 0.604. The molecule has 4 heteroatoms. The van der Waals surface area contributed by atoms with Crippen LogP contribution in [-0.2, 0) is 4.79 Å². The number of rotatable bonds is 1. The van der Waals surface area contributed by atoms with E-state index in [-0.39, 0.29) is 11.3 Å². The van der Waals surface area contributed by atoms with Crippen LogP contribution in [0.25, 0.3) is 0 Å². The summed E-state index contributed by atoms with van der Waals surface area (Å²) in [5.74, 6) is 0.0897. The number of carbonyl (C=O) groups excluding carboxylic acids is 1. The largest absolute Gasteiger partial charge is 0.291 e. The van der Waals surface area contributed by atoms with E-state index >= 15 is 0 Å². The Morgan fingerprint density at radius 3 is 2.43 bits per heavy atom. The number of carbonyl (C=O) groups is 1. The van der Waals surface area contributed by atoms with E-state index in [1.165, 1.54) is 11.3 Å².